The van der Waals surface area contributed by atoms with Crippen LogP contribution in [0.3, 0.4) is 0 Å². The topological polar surface area (TPSA) is 186 Å². The minimum atomic E-state index is -0.503. The summed E-state index contributed by atoms with van der Waals surface area (Å²) in [7, 11) is 3.92. The first-order valence-corrected chi connectivity index (χ1v) is 18.9. The number of benzene rings is 3. The van der Waals surface area contributed by atoms with Gasteiger partial charge in [0.05, 0.1) is 66.0 Å². The molecule has 304 valence electrons. The predicted octanol–water partition coefficient (Wildman–Crippen LogP) is 5.15. The first-order valence-electron chi connectivity index (χ1n) is 18.9. The number of H-pyrrole nitrogens is 2. The monoisotopic (exact) mass is 814 g/mol. The smallest absolute Gasteiger partial charge is 0.337 e. The second kappa shape index (κ2) is 17.3. The fraction of sp³-hybridized carbons (Fsp3) is 0.104. The summed E-state index contributed by atoms with van der Waals surface area (Å²) in [5, 5.41) is 3.79. The van der Waals surface area contributed by atoms with Crippen LogP contribution in [0, 0.1) is 0 Å². The summed E-state index contributed by atoms with van der Waals surface area (Å²) in [6.07, 6.45) is 6.80. The predicted molar refractivity (Wildman–Crippen MR) is 227 cm³/mol. The average Bonchev–Trinajstić information content (AvgIpc) is 4.11. The molecule has 0 fully saturated rings. The van der Waals surface area contributed by atoms with E-state index < -0.39 is 17.9 Å². The number of ketones is 2. The molecule has 1 amide bonds. The minimum Gasteiger partial charge on any atom is -0.465 e. The Bertz CT molecular complexity index is 2920. The molecule has 0 aliphatic carbocycles. The maximum atomic E-state index is 12.5. The molecule has 2 aromatic heterocycles. The highest BCUT2D eigenvalue weighted by molar-refractivity contribution is 6.39. The van der Waals surface area contributed by atoms with Gasteiger partial charge >= 0.3 is 17.9 Å². The number of amides is 1. The quantitative estimate of drug-likeness (QED) is 0.0922. The summed E-state index contributed by atoms with van der Waals surface area (Å²) in [6, 6.07) is 27.7. The lowest BCUT2D eigenvalue weighted by Crippen LogP contribution is -2.23. The number of hydrogen-bond donors (Lipinski definition) is 3. The van der Waals surface area contributed by atoms with E-state index in [0.29, 0.717) is 89.3 Å². The summed E-state index contributed by atoms with van der Waals surface area (Å²) in [5.41, 5.74) is 7.94. The average molecular weight is 815 g/mol. The van der Waals surface area contributed by atoms with Crippen molar-refractivity contribution in [3.05, 3.63) is 188 Å². The summed E-state index contributed by atoms with van der Waals surface area (Å²) < 4.78 is 14.7. The molecule has 4 heterocycles. The molecule has 0 saturated carbocycles. The number of esters is 3. The number of rotatable bonds is 11. The Kier molecular flexibility index (Phi) is 11.7. The molecule has 0 saturated heterocycles. The molecule has 0 bridgehead atoms. The number of hydrogen-bond acceptors (Lipinski definition) is 10. The van der Waals surface area contributed by atoms with Crippen molar-refractivity contribution < 1.29 is 43.0 Å². The molecule has 61 heavy (non-hydrogen) atoms. The number of allylic oxidation sites excluding steroid dienone is 3. The van der Waals surface area contributed by atoms with E-state index in [0.717, 1.165) is 0 Å². The van der Waals surface area contributed by atoms with Crippen LogP contribution in [-0.4, -0.2) is 72.4 Å². The lowest BCUT2D eigenvalue weighted by molar-refractivity contribution is -0.117. The van der Waals surface area contributed by atoms with E-state index in [1.54, 1.807) is 91.0 Å². The zero-order valence-electron chi connectivity index (χ0n) is 33.7. The molecule has 13 heteroatoms. The normalized spacial score (nSPS) is 15.1. The van der Waals surface area contributed by atoms with Crippen LogP contribution in [0.25, 0.3) is 22.3 Å². The van der Waals surface area contributed by atoms with Gasteiger partial charge in [-0.15, -0.1) is 0 Å². The molecule has 0 atom stereocenters. The fourth-order valence-electron chi connectivity index (χ4n) is 7.17. The SMILES string of the molecule is COC(=O)c1ccc(/C(C2=N/C(=C(\c3ccc(C(=O)OC)cc3)c3ccc(/C(=C4\C=CC(=O)N4)c4ccc(C(=O)OC)cc4)[nH]3)C=C2)=c2\ccc(=C(C(C)=O)C(C)=O)[nH]2)cc1. The number of nitrogens with zero attached hydrogens (tertiary/aromatic N) is 1. The van der Waals surface area contributed by atoms with E-state index >= 15 is 0 Å². The number of nitrogens with one attached hydrogen (secondary N) is 3. The van der Waals surface area contributed by atoms with Crippen LogP contribution in [0.5, 0.6) is 0 Å². The van der Waals surface area contributed by atoms with Crippen LogP contribution in [0.15, 0.2) is 138 Å². The van der Waals surface area contributed by atoms with Crippen molar-refractivity contribution in [2.24, 2.45) is 4.99 Å². The third-order valence-corrected chi connectivity index (χ3v) is 10.0. The van der Waals surface area contributed by atoms with Gasteiger partial charge in [-0.1, -0.05) is 36.4 Å². The third kappa shape index (κ3) is 8.39. The van der Waals surface area contributed by atoms with Crippen molar-refractivity contribution in [3.8, 4) is 0 Å². The van der Waals surface area contributed by atoms with Gasteiger partial charge in [0.25, 0.3) is 0 Å². The molecule has 2 aliphatic heterocycles. The number of methoxy groups -OCH3 is 3. The molecule has 2 aliphatic rings. The number of carbonyl (C=O) groups is 6. The molecule has 0 spiro atoms. The second-order valence-corrected chi connectivity index (χ2v) is 13.8. The number of ether oxygens (including phenoxy) is 3. The van der Waals surface area contributed by atoms with Gasteiger partial charge in [-0.3, -0.25) is 14.4 Å². The van der Waals surface area contributed by atoms with Gasteiger partial charge < -0.3 is 29.5 Å². The van der Waals surface area contributed by atoms with Gasteiger partial charge in [0.1, 0.15) is 0 Å². The zero-order chi connectivity index (χ0) is 43.4. The molecule has 5 aromatic rings. The van der Waals surface area contributed by atoms with Gasteiger partial charge in [0.15, 0.2) is 11.6 Å². The molecule has 0 radical (unpaired) electrons. The standard InChI is InChI=1S/C48H38N4O9/c1-26(53)42(27(2)54)34-18-19-35(49-34)43(28-6-12-31(13-7-28)46(56)59-3)36-20-21-37(50-36)44(29-8-14-32(15-9-29)47(57)60-4)38-22-23-39(51-38)45(40-24-25-41(55)52-40)30-10-16-33(17-11-30)48(58)61-5/h6-25,49,51H,1-5H3,(H,52,55)/b43-35-,44-37+,45-40+. The molecular weight excluding hydrogens is 777 g/mol. The maximum Gasteiger partial charge on any atom is 0.337 e. The highest BCUT2D eigenvalue weighted by atomic mass is 16.5. The van der Waals surface area contributed by atoms with E-state index in [1.165, 1.54) is 41.3 Å². The lowest BCUT2D eigenvalue weighted by Gasteiger charge is -2.13. The molecular formula is C48H38N4O9. The van der Waals surface area contributed by atoms with Gasteiger partial charge in [-0.25, -0.2) is 19.4 Å². The van der Waals surface area contributed by atoms with Crippen molar-refractivity contribution in [2.75, 3.05) is 21.3 Å². The van der Waals surface area contributed by atoms with Gasteiger partial charge in [-0.05, 0) is 109 Å². The molecule has 13 nitrogen and oxygen atoms in total. The number of carbonyl (C=O) groups excluding carboxylic acids is 6. The Morgan fingerprint density at radius 1 is 0.475 bits per heavy atom. The van der Waals surface area contributed by atoms with E-state index in [4.69, 9.17) is 19.2 Å². The van der Waals surface area contributed by atoms with Gasteiger partial charge in [0, 0.05) is 39.5 Å². The van der Waals surface area contributed by atoms with E-state index in [2.05, 4.69) is 15.3 Å². The second-order valence-electron chi connectivity index (χ2n) is 13.8. The van der Waals surface area contributed by atoms with Crippen molar-refractivity contribution in [1.82, 2.24) is 15.3 Å². The summed E-state index contributed by atoms with van der Waals surface area (Å²) in [6.45, 7) is 2.67. The van der Waals surface area contributed by atoms with Crippen LogP contribution in [-0.2, 0) is 28.6 Å². The Morgan fingerprint density at radius 3 is 1.38 bits per heavy atom. The Labute approximate surface area is 349 Å². The number of aromatic amines is 2. The number of aliphatic imine (C=N–C) groups is 1. The van der Waals surface area contributed by atoms with Crippen molar-refractivity contribution >= 4 is 63.4 Å². The summed E-state index contributed by atoms with van der Waals surface area (Å²) >= 11 is 0. The highest BCUT2D eigenvalue weighted by Gasteiger charge is 2.23. The van der Waals surface area contributed by atoms with Gasteiger partial charge in [-0.2, -0.15) is 0 Å². The van der Waals surface area contributed by atoms with E-state index in [1.807, 2.05) is 24.3 Å². The van der Waals surface area contributed by atoms with Crippen LogP contribution >= 0.6 is 0 Å². The van der Waals surface area contributed by atoms with Crippen LogP contribution in [0.2, 0.25) is 0 Å². The van der Waals surface area contributed by atoms with Gasteiger partial charge in [0.2, 0.25) is 5.91 Å². The number of aromatic nitrogens is 2. The first kappa shape index (κ1) is 41.0. The maximum absolute atomic E-state index is 12.5. The summed E-state index contributed by atoms with van der Waals surface area (Å²) in [4.78, 5) is 86.4. The molecule has 3 aromatic carbocycles. The number of Topliss-reactive ketones (excluding diaryl/α,β-unsaturated/α-hetero) is 2. The van der Waals surface area contributed by atoms with Crippen LogP contribution in [0.1, 0.15) is 73.0 Å². The lowest BCUT2D eigenvalue weighted by atomic mass is 9.99. The summed E-state index contributed by atoms with van der Waals surface area (Å²) in [5.74, 6) is -2.54. The van der Waals surface area contributed by atoms with E-state index in [9.17, 15) is 28.8 Å². The molecule has 3 N–H and O–H groups in total. The Hall–Kier alpha value is -8.19. The highest BCUT2D eigenvalue weighted by Crippen LogP contribution is 2.35. The largest absolute Gasteiger partial charge is 0.465 e. The molecule has 7 rings (SSSR count). The fourth-order valence-corrected chi connectivity index (χ4v) is 7.17. The first-order chi connectivity index (χ1) is 29.4. The van der Waals surface area contributed by atoms with Crippen molar-refractivity contribution in [2.45, 2.75) is 13.8 Å². The minimum absolute atomic E-state index is 0.0257. The Balaban J connectivity index is 1.43. The molecule has 0 unspecified atom stereocenters. The van der Waals surface area contributed by atoms with Crippen molar-refractivity contribution in [3.63, 3.8) is 0 Å². The van der Waals surface area contributed by atoms with Crippen LogP contribution < -0.4 is 16.0 Å². The third-order valence-electron chi connectivity index (χ3n) is 10.0. The van der Waals surface area contributed by atoms with Crippen LogP contribution in [0.4, 0.5) is 0 Å². The van der Waals surface area contributed by atoms with E-state index in [-0.39, 0.29) is 23.0 Å². The Morgan fingerprint density at radius 2 is 0.918 bits per heavy atom. The zero-order valence-corrected chi connectivity index (χ0v) is 33.7. The van der Waals surface area contributed by atoms with Crippen molar-refractivity contribution in [1.29, 1.82) is 0 Å².